The van der Waals surface area contributed by atoms with Crippen LogP contribution >= 0.6 is 46.4 Å². The van der Waals surface area contributed by atoms with Gasteiger partial charge in [0.15, 0.2) is 0 Å². The number of hydrogen-bond acceptors (Lipinski definition) is 1. The minimum absolute atomic E-state index is 0.149. The Hall–Kier alpha value is 1.12. The summed E-state index contributed by atoms with van der Waals surface area (Å²) >= 11 is 23.0. The second-order valence-electron chi connectivity index (χ2n) is 2.94. The SMILES string of the molecule is NC(Cl)C(Cl)C(Cl)CCCCCCl. The number of hydrogen-bond donors (Lipinski definition) is 1. The van der Waals surface area contributed by atoms with Gasteiger partial charge in [-0.25, -0.2) is 0 Å². The maximum Gasteiger partial charge on any atom is 0.0980 e. The molecule has 0 saturated carbocycles. The Balaban J connectivity index is 3.44. The number of rotatable bonds is 7. The summed E-state index contributed by atoms with van der Waals surface area (Å²) in [5.41, 5.74) is 4.82. The Kier molecular flexibility index (Phi) is 9.16. The molecule has 1 nitrogen and oxygen atoms in total. The predicted octanol–water partition coefficient (Wildman–Crippen LogP) is 3.52. The van der Waals surface area contributed by atoms with Crippen LogP contribution in [0.5, 0.6) is 0 Å². The van der Waals surface area contributed by atoms with E-state index in [0.29, 0.717) is 5.88 Å². The summed E-state index contributed by atoms with van der Waals surface area (Å²) in [7, 11) is 0. The fraction of sp³-hybridized carbons (Fsp3) is 1.00. The molecule has 0 aliphatic rings. The summed E-state index contributed by atoms with van der Waals surface area (Å²) < 4.78 is 0. The predicted molar refractivity (Wildman–Crippen MR) is 62.3 cm³/mol. The molecule has 3 atom stereocenters. The van der Waals surface area contributed by atoms with Crippen LogP contribution in [0.4, 0.5) is 0 Å². The highest BCUT2D eigenvalue weighted by Crippen LogP contribution is 2.20. The lowest BCUT2D eigenvalue weighted by atomic mass is 10.1. The smallest absolute Gasteiger partial charge is 0.0980 e. The number of alkyl halides is 4. The summed E-state index contributed by atoms with van der Waals surface area (Å²) in [5.74, 6) is 0.701. The Labute approximate surface area is 99.8 Å². The van der Waals surface area contributed by atoms with Gasteiger partial charge < -0.3 is 5.73 Å². The second kappa shape index (κ2) is 8.43. The van der Waals surface area contributed by atoms with Crippen LogP contribution < -0.4 is 5.73 Å². The third-order valence-corrected chi connectivity index (χ3v) is 3.63. The molecule has 0 aliphatic carbocycles. The topological polar surface area (TPSA) is 26.0 Å². The van der Waals surface area contributed by atoms with Gasteiger partial charge in [-0.1, -0.05) is 12.8 Å². The van der Waals surface area contributed by atoms with E-state index in [1.807, 2.05) is 0 Å². The van der Waals surface area contributed by atoms with Gasteiger partial charge in [-0.15, -0.1) is 46.4 Å². The van der Waals surface area contributed by atoms with Crippen LogP contribution in [0.15, 0.2) is 0 Å². The highest BCUT2D eigenvalue weighted by molar-refractivity contribution is 6.34. The monoisotopic (exact) mass is 265 g/mol. The van der Waals surface area contributed by atoms with Crippen LogP contribution in [0.25, 0.3) is 0 Å². The summed E-state index contributed by atoms with van der Waals surface area (Å²) in [6.45, 7) is 0. The Morgan fingerprint density at radius 2 is 1.62 bits per heavy atom. The minimum Gasteiger partial charge on any atom is -0.314 e. The molecule has 80 valence electrons. The standard InChI is InChI=1S/C8H15Cl4N/c9-5-3-1-2-4-6(10)7(11)8(12)13/h6-8H,1-5,13H2. The van der Waals surface area contributed by atoms with Crippen molar-refractivity contribution in [3.05, 3.63) is 0 Å². The first-order valence-corrected chi connectivity index (χ1v) is 6.17. The van der Waals surface area contributed by atoms with E-state index in [2.05, 4.69) is 0 Å². The molecule has 0 spiro atoms. The number of unbranched alkanes of at least 4 members (excludes halogenated alkanes) is 2. The van der Waals surface area contributed by atoms with E-state index in [1.54, 1.807) is 0 Å². The third-order valence-electron chi connectivity index (χ3n) is 1.76. The van der Waals surface area contributed by atoms with Crippen LogP contribution in [-0.4, -0.2) is 22.1 Å². The van der Waals surface area contributed by atoms with Crippen molar-refractivity contribution in [1.82, 2.24) is 0 Å². The molecule has 0 fully saturated rings. The van der Waals surface area contributed by atoms with Crippen molar-refractivity contribution in [2.75, 3.05) is 5.88 Å². The van der Waals surface area contributed by atoms with E-state index in [-0.39, 0.29) is 10.8 Å². The summed E-state index contributed by atoms with van der Waals surface area (Å²) in [5, 5.41) is -0.510. The molecular weight excluding hydrogens is 252 g/mol. The summed E-state index contributed by atoms with van der Waals surface area (Å²) in [6.07, 6.45) is 3.96. The van der Waals surface area contributed by atoms with Crippen LogP contribution in [0.3, 0.4) is 0 Å². The average molecular weight is 267 g/mol. The Bertz CT molecular complexity index is 121. The molecule has 0 aromatic heterocycles. The molecule has 0 rings (SSSR count). The molecule has 13 heavy (non-hydrogen) atoms. The van der Waals surface area contributed by atoms with Crippen LogP contribution in [-0.2, 0) is 0 Å². The van der Waals surface area contributed by atoms with E-state index in [4.69, 9.17) is 52.1 Å². The fourth-order valence-corrected chi connectivity index (χ4v) is 1.85. The lowest BCUT2D eigenvalue weighted by Crippen LogP contribution is -2.32. The molecule has 0 radical (unpaired) electrons. The van der Waals surface area contributed by atoms with Gasteiger partial charge in [0.25, 0.3) is 0 Å². The quantitative estimate of drug-likeness (QED) is 0.426. The van der Waals surface area contributed by atoms with E-state index in [9.17, 15) is 0 Å². The lowest BCUT2D eigenvalue weighted by Gasteiger charge is -2.17. The van der Waals surface area contributed by atoms with Gasteiger partial charge in [-0.2, -0.15) is 0 Å². The van der Waals surface area contributed by atoms with Crippen LogP contribution in [0.2, 0.25) is 0 Å². The van der Waals surface area contributed by atoms with Crippen molar-refractivity contribution in [1.29, 1.82) is 0 Å². The first-order chi connectivity index (χ1) is 6.09. The third kappa shape index (κ3) is 7.10. The van der Waals surface area contributed by atoms with Gasteiger partial charge in [-0.05, 0) is 12.8 Å². The molecule has 0 saturated heterocycles. The van der Waals surface area contributed by atoms with Crippen molar-refractivity contribution >= 4 is 46.4 Å². The molecule has 0 aromatic carbocycles. The van der Waals surface area contributed by atoms with Gasteiger partial charge >= 0.3 is 0 Å². The molecule has 2 N–H and O–H groups in total. The maximum absolute atomic E-state index is 5.98. The second-order valence-corrected chi connectivity index (χ2v) is 4.89. The van der Waals surface area contributed by atoms with Gasteiger partial charge in [0.1, 0.15) is 0 Å². The van der Waals surface area contributed by atoms with Crippen molar-refractivity contribution in [2.45, 2.75) is 41.9 Å². The Morgan fingerprint density at radius 3 is 2.08 bits per heavy atom. The zero-order valence-corrected chi connectivity index (χ0v) is 10.4. The first-order valence-electron chi connectivity index (χ1n) is 4.33. The van der Waals surface area contributed by atoms with Gasteiger partial charge in [0, 0.05) is 5.88 Å². The molecular formula is C8H15Cl4N. The molecule has 0 bridgehead atoms. The number of nitrogens with two attached hydrogens (primary N) is 1. The Morgan fingerprint density at radius 1 is 1.00 bits per heavy atom. The van der Waals surface area contributed by atoms with E-state index in [0.717, 1.165) is 25.7 Å². The van der Waals surface area contributed by atoms with E-state index < -0.39 is 5.50 Å². The summed E-state index contributed by atoms with van der Waals surface area (Å²) in [4.78, 5) is 0. The molecule has 0 aliphatic heterocycles. The first kappa shape index (κ1) is 14.1. The zero-order valence-electron chi connectivity index (χ0n) is 7.36. The minimum atomic E-state index is -0.572. The van der Waals surface area contributed by atoms with Crippen LogP contribution in [0, 0.1) is 0 Å². The normalized spacial score (nSPS) is 18.2. The molecule has 5 heteroatoms. The van der Waals surface area contributed by atoms with Gasteiger partial charge in [0.05, 0.1) is 16.3 Å². The van der Waals surface area contributed by atoms with Crippen LogP contribution in [0.1, 0.15) is 25.7 Å². The van der Waals surface area contributed by atoms with Gasteiger partial charge in [0.2, 0.25) is 0 Å². The summed E-state index contributed by atoms with van der Waals surface area (Å²) in [6, 6.07) is 0. The largest absolute Gasteiger partial charge is 0.314 e. The average Bonchev–Trinajstić information content (AvgIpc) is 2.10. The zero-order chi connectivity index (χ0) is 10.3. The molecule has 0 aromatic rings. The van der Waals surface area contributed by atoms with Crippen molar-refractivity contribution in [3.8, 4) is 0 Å². The van der Waals surface area contributed by atoms with Gasteiger partial charge in [-0.3, -0.25) is 0 Å². The van der Waals surface area contributed by atoms with Crippen molar-refractivity contribution < 1.29 is 0 Å². The molecule has 0 amide bonds. The van der Waals surface area contributed by atoms with Crippen molar-refractivity contribution in [2.24, 2.45) is 5.73 Å². The highest BCUT2D eigenvalue weighted by atomic mass is 35.5. The lowest BCUT2D eigenvalue weighted by molar-refractivity contribution is 0.612. The molecule has 3 unspecified atom stereocenters. The van der Waals surface area contributed by atoms with E-state index >= 15 is 0 Å². The number of halogens is 4. The highest BCUT2D eigenvalue weighted by Gasteiger charge is 2.21. The fourth-order valence-electron chi connectivity index (χ4n) is 0.969. The van der Waals surface area contributed by atoms with E-state index in [1.165, 1.54) is 0 Å². The maximum atomic E-state index is 5.98. The molecule has 0 heterocycles. The van der Waals surface area contributed by atoms with Crippen molar-refractivity contribution in [3.63, 3.8) is 0 Å².